The van der Waals surface area contributed by atoms with E-state index in [0.717, 1.165) is 18.5 Å². The summed E-state index contributed by atoms with van der Waals surface area (Å²) in [5, 5.41) is 17.6. The summed E-state index contributed by atoms with van der Waals surface area (Å²) in [6.45, 7) is 0.930. The third-order valence-corrected chi connectivity index (χ3v) is 7.82. The zero-order valence-electron chi connectivity index (χ0n) is 20.8. The summed E-state index contributed by atoms with van der Waals surface area (Å²) in [6.07, 6.45) is 3.23. The summed E-state index contributed by atoms with van der Waals surface area (Å²) < 4.78 is 31.7. The molecule has 12 heteroatoms. The number of aliphatic hydroxyl groups is 1. The van der Waals surface area contributed by atoms with Gasteiger partial charge in [-0.2, -0.15) is 0 Å². The number of rotatable bonds is 7. The molecule has 3 N–H and O–H groups in total. The van der Waals surface area contributed by atoms with Crippen molar-refractivity contribution in [3.63, 3.8) is 0 Å². The molecule has 7 rings (SSSR count). The highest BCUT2D eigenvalue weighted by molar-refractivity contribution is 5.94. The van der Waals surface area contributed by atoms with E-state index in [2.05, 4.69) is 25.6 Å². The van der Waals surface area contributed by atoms with Crippen molar-refractivity contribution in [2.75, 3.05) is 25.6 Å². The number of amides is 1. The first-order valence-electron chi connectivity index (χ1n) is 12.4. The fourth-order valence-corrected chi connectivity index (χ4v) is 5.52. The molecule has 1 atom stereocenters. The number of aromatic nitrogens is 3. The lowest BCUT2D eigenvalue weighted by Crippen LogP contribution is -2.65. The zero-order valence-corrected chi connectivity index (χ0v) is 21.6. The Morgan fingerprint density at radius 3 is 2.76 bits per heavy atom. The number of methoxy groups -OCH3 is 1. The molecule has 1 amide bonds. The molecular weight excluding hydrogens is 517 g/mol. The van der Waals surface area contributed by atoms with E-state index in [0.29, 0.717) is 60.0 Å². The second-order valence-corrected chi connectivity index (χ2v) is 10.00. The monoisotopic (exact) mass is 545 g/mol. The number of nitrogens with one attached hydrogen (secondary N) is 2. The highest BCUT2D eigenvalue weighted by atomic mass is 35.5. The minimum Gasteiger partial charge on any atom is -0.481 e. The fourth-order valence-electron chi connectivity index (χ4n) is 5.52. The summed E-state index contributed by atoms with van der Waals surface area (Å²) >= 11 is 0. The lowest BCUT2D eigenvalue weighted by molar-refractivity contribution is -0.208. The minimum absolute atomic E-state index is 0. The van der Waals surface area contributed by atoms with Gasteiger partial charge in [0.05, 0.1) is 48.3 Å². The fraction of sp³-hybridized carbons (Fsp3) is 0.462. The van der Waals surface area contributed by atoms with Crippen molar-refractivity contribution in [1.29, 1.82) is 0 Å². The van der Waals surface area contributed by atoms with Gasteiger partial charge in [-0.05, 0) is 43.9 Å². The van der Waals surface area contributed by atoms with Gasteiger partial charge in [-0.3, -0.25) is 9.78 Å². The SMILES string of the molecule is COc1ccc2ncc(F)c(CC(O)C34CCC(NCc5ccc6c(n5)NC(=O)CO6)(CC3)CO4)c2n1.Cl. The van der Waals surface area contributed by atoms with Crippen LogP contribution in [0.1, 0.15) is 36.9 Å². The van der Waals surface area contributed by atoms with E-state index in [1.54, 1.807) is 12.1 Å². The summed E-state index contributed by atoms with van der Waals surface area (Å²) in [5.74, 6) is 0.624. The van der Waals surface area contributed by atoms with Crippen LogP contribution in [0.4, 0.5) is 10.2 Å². The van der Waals surface area contributed by atoms with Gasteiger partial charge in [0.2, 0.25) is 5.88 Å². The maximum absolute atomic E-state index is 14.8. The van der Waals surface area contributed by atoms with Crippen LogP contribution in [0.25, 0.3) is 11.0 Å². The molecule has 3 aromatic heterocycles. The molecule has 0 aromatic carbocycles. The topological polar surface area (TPSA) is 128 Å². The largest absolute Gasteiger partial charge is 0.481 e. The Bertz CT molecular complexity index is 1350. The molecule has 2 bridgehead atoms. The molecule has 2 saturated heterocycles. The number of carbonyl (C=O) groups excluding carboxylic acids is 1. The van der Waals surface area contributed by atoms with Crippen LogP contribution in [0.15, 0.2) is 30.5 Å². The number of halogens is 2. The molecule has 38 heavy (non-hydrogen) atoms. The number of aliphatic hydroxyl groups excluding tert-OH is 1. The zero-order chi connectivity index (χ0) is 25.6. The van der Waals surface area contributed by atoms with Crippen LogP contribution in [0, 0.1) is 5.82 Å². The number of fused-ring (bicyclic) bond motifs is 5. The maximum atomic E-state index is 14.8. The quantitative estimate of drug-likeness (QED) is 0.410. The molecule has 6 heterocycles. The third kappa shape index (κ3) is 4.75. The highest BCUT2D eigenvalue weighted by Crippen LogP contribution is 2.46. The maximum Gasteiger partial charge on any atom is 0.263 e. The van der Waals surface area contributed by atoms with Crippen LogP contribution >= 0.6 is 12.4 Å². The van der Waals surface area contributed by atoms with Crippen LogP contribution in [0.5, 0.6) is 11.6 Å². The first-order chi connectivity index (χ1) is 17.9. The molecule has 3 aromatic rings. The van der Waals surface area contributed by atoms with E-state index in [4.69, 9.17) is 14.2 Å². The van der Waals surface area contributed by atoms with E-state index >= 15 is 0 Å². The van der Waals surface area contributed by atoms with E-state index < -0.39 is 17.5 Å². The molecule has 4 aliphatic rings. The van der Waals surface area contributed by atoms with Gasteiger partial charge in [0.1, 0.15) is 5.82 Å². The van der Waals surface area contributed by atoms with Gasteiger partial charge in [-0.1, -0.05) is 0 Å². The molecule has 0 spiro atoms. The van der Waals surface area contributed by atoms with Gasteiger partial charge in [0, 0.05) is 30.1 Å². The van der Waals surface area contributed by atoms with Gasteiger partial charge < -0.3 is 30.0 Å². The Labute approximate surface area is 224 Å². The molecule has 1 unspecified atom stereocenters. The predicted molar refractivity (Wildman–Crippen MR) is 138 cm³/mol. The molecule has 3 fully saturated rings. The number of hydrogen-bond donors (Lipinski definition) is 3. The van der Waals surface area contributed by atoms with Gasteiger partial charge >= 0.3 is 0 Å². The van der Waals surface area contributed by atoms with Crippen molar-refractivity contribution in [1.82, 2.24) is 20.3 Å². The summed E-state index contributed by atoms with van der Waals surface area (Å²) in [6, 6.07) is 7.08. The Morgan fingerprint density at radius 2 is 2.03 bits per heavy atom. The summed E-state index contributed by atoms with van der Waals surface area (Å²) in [5.41, 5.74) is 1.05. The molecule has 3 aliphatic heterocycles. The molecule has 0 radical (unpaired) electrons. The normalized spacial score (nSPS) is 24.7. The van der Waals surface area contributed by atoms with Crippen LogP contribution in [-0.2, 0) is 22.5 Å². The third-order valence-electron chi connectivity index (χ3n) is 7.82. The van der Waals surface area contributed by atoms with Crippen LogP contribution in [-0.4, -0.2) is 63.5 Å². The first-order valence-corrected chi connectivity index (χ1v) is 12.4. The number of hydrogen-bond acceptors (Lipinski definition) is 9. The van der Waals surface area contributed by atoms with Gasteiger partial charge in [0.15, 0.2) is 18.2 Å². The average Bonchev–Trinajstić information content (AvgIpc) is 2.94. The van der Waals surface area contributed by atoms with Crippen LogP contribution in [0.2, 0.25) is 0 Å². The Morgan fingerprint density at radius 1 is 1.21 bits per heavy atom. The van der Waals surface area contributed by atoms with Crippen molar-refractivity contribution in [3.8, 4) is 11.6 Å². The standard InChI is InChI=1S/C26H28FN5O5.ClH/c1-35-22-5-3-18-23(32-22)16(17(27)12-28-18)10-20(33)26-8-6-25(7-9-26,14-37-26)29-11-15-2-4-19-24(30-15)31-21(34)13-36-19;/h2-5,12,20,29,33H,6-11,13-14H2,1H3,(H,30,31,34);1H. The second-order valence-electron chi connectivity index (χ2n) is 10.00. The van der Waals surface area contributed by atoms with Crippen molar-refractivity contribution < 1.29 is 28.5 Å². The second kappa shape index (κ2) is 10.2. The van der Waals surface area contributed by atoms with Gasteiger partial charge in [-0.25, -0.2) is 14.4 Å². The highest BCUT2D eigenvalue weighted by Gasteiger charge is 2.53. The molecule has 1 saturated carbocycles. The number of ether oxygens (including phenoxy) is 3. The smallest absolute Gasteiger partial charge is 0.263 e. The van der Waals surface area contributed by atoms with E-state index in [-0.39, 0.29) is 36.9 Å². The minimum atomic E-state index is -0.898. The van der Waals surface area contributed by atoms with E-state index in [1.165, 1.54) is 13.3 Å². The Balaban J connectivity index is 0.00000294. The predicted octanol–water partition coefficient (Wildman–Crippen LogP) is 2.70. The molecule has 1 aliphatic carbocycles. The number of pyridine rings is 3. The van der Waals surface area contributed by atoms with Crippen molar-refractivity contribution in [3.05, 3.63) is 47.5 Å². The van der Waals surface area contributed by atoms with Crippen molar-refractivity contribution in [2.45, 2.75) is 55.9 Å². The Hall–Kier alpha value is -3.12. The average molecular weight is 546 g/mol. The first kappa shape index (κ1) is 26.5. The molecular formula is C26H29ClFN5O5. The summed E-state index contributed by atoms with van der Waals surface area (Å²) in [7, 11) is 1.50. The van der Waals surface area contributed by atoms with Crippen LogP contribution < -0.4 is 20.1 Å². The van der Waals surface area contributed by atoms with Crippen LogP contribution in [0.3, 0.4) is 0 Å². The van der Waals surface area contributed by atoms with Gasteiger partial charge in [0.25, 0.3) is 5.91 Å². The van der Waals surface area contributed by atoms with Crippen molar-refractivity contribution in [2.24, 2.45) is 0 Å². The molecule has 10 nitrogen and oxygen atoms in total. The van der Waals surface area contributed by atoms with E-state index in [1.807, 2.05) is 12.1 Å². The number of carbonyl (C=O) groups is 1. The number of anilines is 1. The summed E-state index contributed by atoms with van der Waals surface area (Å²) in [4.78, 5) is 24.6. The number of nitrogens with zero attached hydrogens (tertiary/aromatic N) is 3. The lowest BCUT2D eigenvalue weighted by Gasteiger charge is -2.55. The van der Waals surface area contributed by atoms with E-state index in [9.17, 15) is 14.3 Å². The van der Waals surface area contributed by atoms with Crippen molar-refractivity contribution >= 4 is 35.2 Å². The van der Waals surface area contributed by atoms with Gasteiger partial charge in [-0.15, -0.1) is 12.4 Å². The molecule has 202 valence electrons. The Kier molecular flexibility index (Phi) is 7.12. The lowest BCUT2D eigenvalue weighted by atomic mass is 9.68.